The highest BCUT2D eigenvalue weighted by atomic mass is 32.1. The number of nitrogens with two attached hydrogens (primary N) is 1. The third-order valence-corrected chi connectivity index (χ3v) is 6.59. The topological polar surface area (TPSA) is 92.1 Å². The number of hydrogen-bond donors (Lipinski definition) is 1. The summed E-state index contributed by atoms with van der Waals surface area (Å²) in [6.07, 6.45) is 4.78. The van der Waals surface area contributed by atoms with E-state index < -0.39 is 11.3 Å². The summed E-state index contributed by atoms with van der Waals surface area (Å²) < 4.78 is 0. The fourth-order valence-electron chi connectivity index (χ4n) is 4.47. The summed E-state index contributed by atoms with van der Waals surface area (Å²) in [6, 6.07) is 12.2. The molecule has 1 spiro atoms. The molecule has 0 unspecified atom stereocenters. The molecule has 26 heavy (non-hydrogen) atoms. The predicted molar refractivity (Wildman–Crippen MR) is 102 cm³/mol. The van der Waals surface area contributed by atoms with Crippen molar-refractivity contribution in [3.05, 3.63) is 40.7 Å². The summed E-state index contributed by atoms with van der Waals surface area (Å²) >= 11 is 1.54. The molecular formula is C20H20N4OS. The van der Waals surface area contributed by atoms with E-state index >= 15 is 0 Å². The first-order valence-corrected chi connectivity index (χ1v) is 9.82. The summed E-state index contributed by atoms with van der Waals surface area (Å²) in [5.41, 5.74) is 7.73. The van der Waals surface area contributed by atoms with Crippen molar-refractivity contribution in [1.82, 2.24) is 4.98 Å². The van der Waals surface area contributed by atoms with Crippen molar-refractivity contribution in [2.24, 2.45) is 22.1 Å². The van der Waals surface area contributed by atoms with Crippen LogP contribution in [0.15, 0.2) is 40.7 Å². The van der Waals surface area contributed by atoms with E-state index in [1.54, 1.807) is 11.3 Å². The van der Waals surface area contributed by atoms with E-state index in [4.69, 9.17) is 10.7 Å². The molecule has 1 aliphatic carbocycles. The van der Waals surface area contributed by atoms with Gasteiger partial charge in [-0.1, -0.05) is 49.6 Å². The lowest BCUT2D eigenvalue weighted by atomic mass is 9.57. The van der Waals surface area contributed by atoms with Gasteiger partial charge in [-0.15, -0.1) is 11.3 Å². The van der Waals surface area contributed by atoms with Crippen molar-refractivity contribution in [1.29, 1.82) is 5.26 Å². The number of amides is 1. The van der Waals surface area contributed by atoms with E-state index in [0.29, 0.717) is 5.84 Å². The minimum absolute atomic E-state index is 0.257. The van der Waals surface area contributed by atoms with Crippen LogP contribution in [0.2, 0.25) is 0 Å². The Labute approximate surface area is 156 Å². The highest BCUT2D eigenvalue weighted by Crippen LogP contribution is 2.55. The molecule has 6 heteroatoms. The first-order chi connectivity index (χ1) is 12.7. The molecular weight excluding hydrogens is 344 g/mol. The van der Waals surface area contributed by atoms with Gasteiger partial charge in [-0.05, 0) is 12.8 Å². The molecule has 2 aliphatic rings. The summed E-state index contributed by atoms with van der Waals surface area (Å²) in [5.74, 6) is -1.06. The number of aromatic nitrogens is 1. The van der Waals surface area contributed by atoms with Crippen LogP contribution in [0, 0.1) is 22.7 Å². The van der Waals surface area contributed by atoms with Crippen molar-refractivity contribution in [2.75, 3.05) is 0 Å². The van der Waals surface area contributed by atoms with Crippen LogP contribution in [0.5, 0.6) is 0 Å². The molecule has 2 heterocycles. The number of amidine groups is 1. The SMILES string of the molecule is N#C[C@H]1C(=O)N=C(N)[C@H](c2nc(-c3ccccc3)cs2)C12CCCCC2. The molecule has 1 aromatic heterocycles. The summed E-state index contributed by atoms with van der Waals surface area (Å²) in [5, 5.41) is 12.6. The predicted octanol–water partition coefficient (Wildman–Crippen LogP) is 3.88. The van der Waals surface area contributed by atoms with Crippen LogP contribution in [0.3, 0.4) is 0 Å². The lowest BCUT2D eigenvalue weighted by molar-refractivity contribution is -0.125. The van der Waals surface area contributed by atoms with Crippen LogP contribution in [-0.2, 0) is 4.79 Å². The summed E-state index contributed by atoms with van der Waals surface area (Å²) in [7, 11) is 0. The van der Waals surface area contributed by atoms with Crippen LogP contribution in [0.4, 0.5) is 0 Å². The minimum Gasteiger partial charge on any atom is -0.386 e. The number of hydrogen-bond acceptors (Lipinski definition) is 5. The molecule has 0 radical (unpaired) electrons. The Morgan fingerprint density at radius 1 is 1.19 bits per heavy atom. The zero-order chi connectivity index (χ0) is 18.1. The second-order valence-electron chi connectivity index (χ2n) is 7.10. The second-order valence-corrected chi connectivity index (χ2v) is 7.99. The van der Waals surface area contributed by atoms with Gasteiger partial charge in [0.1, 0.15) is 16.8 Å². The normalized spacial score (nSPS) is 24.9. The van der Waals surface area contributed by atoms with Crippen molar-refractivity contribution in [3.63, 3.8) is 0 Å². The minimum atomic E-state index is -0.732. The molecule has 1 amide bonds. The number of carbonyl (C=O) groups excluding carboxylic acids is 1. The van der Waals surface area contributed by atoms with Gasteiger partial charge in [-0.25, -0.2) is 4.98 Å². The van der Waals surface area contributed by atoms with Crippen LogP contribution < -0.4 is 5.73 Å². The first-order valence-electron chi connectivity index (χ1n) is 8.94. The van der Waals surface area contributed by atoms with Gasteiger partial charge < -0.3 is 5.73 Å². The zero-order valence-electron chi connectivity index (χ0n) is 14.4. The molecule has 1 aliphatic heterocycles. The molecule has 132 valence electrons. The maximum atomic E-state index is 12.4. The van der Waals surface area contributed by atoms with E-state index in [2.05, 4.69) is 11.1 Å². The van der Waals surface area contributed by atoms with Crippen molar-refractivity contribution in [3.8, 4) is 17.3 Å². The molecule has 1 fully saturated rings. The third-order valence-electron chi connectivity index (χ3n) is 5.68. The number of nitriles is 1. The van der Waals surface area contributed by atoms with Gasteiger partial charge in [0.05, 0.1) is 17.7 Å². The van der Waals surface area contributed by atoms with Gasteiger partial charge in [0.25, 0.3) is 5.91 Å². The van der Waals surface area contributed by atoms with Gasteiger partial charge >= 0.3 is 0 Å². The fraction of sp³-hybridized carbons (Fsp3) is 0.400. The number of carbonyl (C=O) groups is 1. The lowest BCUT2D eigenvalue weighted by Crippen LogP contribution is -2.50. The van der Waals surface area contributed by atoms with Gasteiger partial charge in [-0.2, -0.15) is 10.3 Å². The average molecular weight is 364 g/mol. The molecule has 1 aromatic carbocycles. The Morgan fingerprint density at radius 3 is 2.62 bits per heavy atom. The quantitative estimate of drug-likeness (QED) is 0.875. The van der Waals surface area contributed by atoms with Crippen LogP contribution >= 0.6 is 11.3 Å². The monoisotopic (exact) mass is 364 g/mol. The van der Waals surface area contributed by atoms with Gasteiger partial charge in [0, 0.05) is 16.4 Å². The maximum Gasteiger partial charge on any atom is 0.265 e. The molecule has 2 aromatic rings. The Kier molecular flexibility index (Phi) is 4.33. The lowest BCUT2D eigenvalue weighted by Gasteiger charge is -2.46. The molecule has 5 nitrogen and oxygen atoms in total. The summed E-state index contributed by atoms with van der Waals surface area (Å²) in [4.78, 5) is 21.3. The Morgan fingerprint density at radius 2 is 1.92 bits per heavy atom. The van der Waals surface area contributed by atoms with E-state index in [9.17, 15) is 10.1 Å². The molecule has 4 rings (SSSR count). The van der Waals surface area contributed by atoms with Crippen LogP contribution in [0.1, 0.15) is 43.0 Å². The summed E-state index contributed by atoms with van der Waals surface area (Å²) in [6.45, 7) is 0. The second kappa shape index (κ2) is 6.65. The van der Waals surface area contributed by atoms with E-state index in [-0.39, 0.29) is 11.8 Å². The molecule has 2 atom stereocenters. The van der Waals surface area contributed by atoms with Gasteiger partial charge in [-0.3, -0.25) is 4.79 Å². The van der Waals surface area contributed by atoms with E-state index in [1.807, 2.05) is 35.7 Å². The van der Waals surface area contributed by atoms with Crippen molar-refractivity contribution < 1.29 is 4.79 Å². The highest BCUT2D eigenvalue weighted by molar-refractivity contribution is 7.10. The smallest absolute Gasteiger partial charge is 0.265 e. The Balaban J connectivity index is 1.80. The fourth-order valence-corrected chi connectivity index (χ4v) is 5.53. The number of rotatable bonds is 2. The number of nitrogens with zero attached hydrogens (tertiary/aromatic N) is 3. The number of thiazole rings is 1. The molecule has 0 bridgehead atoms. The molecule has 2 N–H and O–H groups in total. The van der Waals surface area contributed by atoms with E-state index in [0.717, 1.165) is 48.4 Å². The number of benzene rings is 1. The third kappa shape index (κ3) is 2.63. The van der Waals surface area contributed by atoms with Gasteiger partial charge in [0.15, 0.2) is 0 Å². The Hall–Kier alpha value is -2.52. The maximum absolute atomic E-state index is 12.4. The van der Waals surface area contributed by atoms with Gasteiger partial charge in [0.2, 0.25) is 0 Å². The average Bonchev–Trinajstić information content (AvgIpc) is 3.12. The van der Waals surface area contributed by atoms with Crippen molar-refractivity contribution in [2.45, 2.75) is 38.0 Å². The Bertz CT molecular complexity index is 890. The van der Waals surface area contributed by atoms with E-state index in [1.165, 1.54) is 0 Å². The number of aliphatic imine (C=N–C) groups is 1. The highest BCUT2D eigenvalue weighted by Gasteiger charge is 2.55. The van der Waals surface area contributed by atoms with Crippen LogP contribution in [-0.4, -0.2) is 16.7 Å². The van der Waals surface area contributed by atoms with Crippen molar-refractivity contribution >= 4 is 23.1 Å². The molecule has 0 saturated heterocycles. The standard InChI is InChI=1S/C20H20N4OS/c21-11-14-18(25)24-17(22)16(20(14)9-5-2-6-10-20)19-23-15(12-26-19)13-7-3-1-4-8-13/h1,3-4,7-8,12,14,16H,2,5-6,9-10H2,(H2,22,24,25)/t14-,16+/m0/s1. The first kappa shape index (κ1) is 16.9. The zero-order valence-corrected chi connectivity index (χ0v) is 15.2. The largest absolute Gasteiger partial charge is 0.386 e. The van der Waals surface area contributed by atoms with Crippen LogP contribution in [0.25, 0.3) is 11.3 Å². The molecule has 1 saturated carbocycles.